The number of carbonyl (C=O) groups is 1. The van der Waals surface area contributed by atoms with Crippen molar-refractivity contribution in [2.24, 2.45) is 9.98 Å². The van der Waals surface area contributed by atoms with Crippen LogP contribution in [0.5, 0.6) is 0 Å². The Morgan fingerprint density at radius 1 is 1.30 bits per heavy atom. The Balaban J connectivity index is 1.60. The van der Waals surface area contributed by atoms with Gasteiger partial charge in [-0.1, -0.05) is 0 Å². The van der Waals surface area contributed by atoms with Crippen LogP contribution in [0.3, 0.4) is 0 Å². The van der Waals surface area contributed by atoms with E-state index in [2.05, 4.69) is 36.7 Å². The molecule has 0 aliphatic heterocycles. The highest BCUT2D eigenvalue weighted by Gasteiger charge is 2.35. The van der Waals surface area contributed by atoms with Crippen molar-refractivity contribution in [2.45, 2.75) is 38.5 Å². The summed E-state index contributed by atoms with van der Waals surface area (Å²) < 4.78 is 32.1. The summed E-state index contributed by atoms with van der Waals surface area (Å²) in [4.78, 5) is 28.9. The molecule has 2 N–H and O–H groups in total. The molecule has 1 saturated carbocycles. The monoisotopic (exact) mass is 470 g/mol. The van der Waals surface area contributed by atoms with Crippen molar-refractivity contribution in [1.82, 2.24) is 15.3 Å². The van der Waals surface area contributed by atoms with E-state index in [1.165, 1.54) is 12.4 Å². The first kappa shape index (κ1) is 24.1. The standard InChI is InChI=1S/C22H26N6O4S/c1-4-32-21(14-23-3)27-15(2)16-5-8-20(25-12-16)22(29)26-13-18-11-17(9-10-24-18)28-33(30,31)19-6-7-19/h5,8-12,14,19H,3-4,6-7,13H2,1-2H3,(H,24,28)(H,26,29)/b21-14+,27-15+. The lowest BCUT2D eigenvalue weighted by atomic mass is 10.2. The van der Waals surface area contributed by atoms with Crippen LogP contribution >= 0.6 is 0 Å². The quantitative estimate of drug-likeness (QED) is 0.383. The number of carbonyl (C=O) groups excluding carboxylic acids is 1. The zero-order chi connectivity index (χ0) is 23.8. The summed E-state index contributed by atoms with van der Waals surface area (Å²) in [5.74, 6) is -0.0476. The van der Waals surface area contributed by atoms with E-state index in [-0.39, 0.29) is 23.4 Å². The van der Waals surface area contributed by atoms with Crippen molar-refractivity contribution in [3.8, 4) is 0 Å². The molecule has 0 saturated heterocycles. The number of rotatable bonds is 11. The predicted octanol–water partition coefficient (Wildman–Crippen LogP) is 2.66. The van der Waals surface area contributed by atoms with Gasteiger partial charge in [-0.3, -0.25) is 24.5 Å². The van der Waals surface area contributed by atoms with Crippen LogP contribution in [0, 0.1) is 0 Å². The highest BCUT2D eigenvalue weighted by molar-refractivity contribution is 7.93. The van der Waals surface area contributed by atoms with Crippen LogP contribution in [0.1, 0.15) is 48.4 Å². The van der Waals surface area contributed by atoms with Gasteiger partial charge in [0, 0.05) is 18.0 Å². The van der Waals surface area contributed by atoms with Gasteiger partial charge >= 0.3 is 0 Å². The highest BCUT2D eigenvalue weighted by Crippen LogP contribution is 2.29. The van der Waals surface area contributed by atoms with E-state index >= 15 is 0 Å². The molecule has 11 heteroatoms. The first-order valence-corrected chi connectivity index (χ1v) is 11.9. The zero-order valence-corrected chi connectivity index (χ0v) is 19.3. The topological polar surface area (TPSA) is 135 Å². The fraction of sp³-hybridized carbons (Fsp3) is 0.318. The van der Waals surface area contributed by atoms with Gasteiger partial charge in [-0.05, 0) is 57.7 Å². The first-order valence-electron chi connectivity index (χ1n) is 10.4. The minimum atomic E-state index is -3.36. The van der Waals surface area contributed by atoms with E-state index in [1.807, 2.05) is 6.92 Å². The van der Waals surface area contributed by atoms with Gasteiger partial charge in [-0.2, -0.15) is 0 Å². The smallest absolute Gasteiger partial charge is 0.270 e. The number of aromatic nitrogens is 2. The number of hydrogen-bond acceptors (Lipinski definition) is 8. The molecular weight excluding hydrogens is 444 g/mol. The van der Waals surface area contributed by atoms with Gasteiger partial charge in [-0.15, -0.1) is 0 Å². The Morgan fingerprint density at radius 3 is 2.73 bits per heavy atom. The normalized spacial score (nSPS) is 14.5. The lowest BCUT2D eigenvalue weighted by Gasteiger charge is -2.09. The average molecular weight is 471 g/mol. The van der Waals surface area contributed by atoms with E-state index in [0.717, 1.165) is 5.56 Å². The average Bonchev–Trinajstić information content (AvgIpc) is 3.64. The molecule has 3 rings (SSSR count). The molecule has 10 nitrogen and oxygen atoms in total. The first-order chi connectivity index (χ1) is 15.8. The summed E-state index contributed by atoms with van der Waals surface area (Å²) in [5.41, 5.74) is 2.53. The Bertz CT molecular complexity index is 1170. The molecule has 0 spiro atoms. The number of nitrogens with zero attached hydrogens (tertiary/aromatic N) is 4. The molecule has 1 aliphatic rings. The fourth-order valence-electron chi connectivity index (χ4n) is 2.82. The summed E-state index contributed by atoms with van der Waals surface area (Å²) in [5, 5.41) is 2.41. The number of hydrogen-bond donors (Lipinski definition) is 2. The number of amides is 1. The Kier molecular flexibility index (Phi) is 7.88. The summed E-state index contributed by atoms with van der Waals surface area (Å²) in [6.07, 6.45) is 5.81. The molecule has 174 valence electrons. The van der Waals surface area contributed by atoms with Crippen LogP contribution < -0.4 is 10.0 Å². The summed E-state index contributed by atoms with van der Waals surface area (Å²) in [6.45, 7) is 7.60. The molecule has 0 aromatic carbocycles. The third-order valence-electron chi connectivity index (χ3n) is 4.66. The van der Waals surface area contributed by atoms with Gasteiger partial charge in [0.1, 0.15) is 5.69 Å². The van der Waals surface area contributed by atoms with Crippen molar-refractivity contribution in [3.05, 3.63) is 65.7 Å². The molecule has 0 radical (unpaired) electrons. The van der Waals surface area contributed by atoms with Crippen LogP contribution in [-0.2, 0) is 21.3 Å². The maximum atomic E-state index is 12.5. The Morgan fingerprint density at radius 2 is 2.09 bits per heavy atom. The number of anilines is 1. The number of sulfonamides is 1. The van der Waals surface area contributed by atoms with Gasteiger partial charge in [-0.25, -0.2) is 13.4 Å². The summed E-state index contributed by atoms with van der Waals surface area (Å²) in [7, 11) is -3.36. The van der Waals surface area contributed by atoms with Crippen LogP contribution in [0.4, 0.5) is 5.69 Å². The van der Waals surface area contributed by atoms with Crippen LogP contribution in [-0.4, -0.2) is 48.6 Å². The van der Waals surface area contributed by atoms with E-state index in [0.29, 0.717) is 42.4 Å². The molecular formula is C22H26N6O4S. The minimum Gasteiger partial charge on any atom is -0.477 e. The lowest BCUT2D eigenvalue weighted by molar-refractivity contribution is 0.0945. The predicted molar refractivity (Wildman–Crippen MR) is 127 cm³/mol. The van der Waals surface area contributed by atoms with E-state index in [9.17, 15) is 13.2 Å². The molecule has 2 aromatic heterocycles. The van der Waals surface area contributed by atoms with Gasteiger partial charge in [0.05, 0.1) is 41.7 Å². The second-order valence-corrected chi connectivity index (χ2v) is 9.24. The largest absolute Gasteiger partial charge is 0.477 e. The number of pyridine rings is 2. The molecule has 33 heavy (non-hydrogen) atoms. The molecule has 1 fully saturated rings. The van der Waals surface area contributed by atoms with Gasteiger partial charge in [0.15, 0.2) is 0 Å². The van der Waals surface area contributed by atoms with Gasteiger partial charge in [0.25, 0.3) is 5.91 Å². The Hall–Kier alpha value is -3.60. The number of nitrogens with one attached hydrogen (secondary N) is 2. The van der Waals surface area contributed by atoms with Crippen LogP contribution in [0.25, 0.3) is 0 Å². The highest BCUT2D eigenvalue weighted by atomic mass is 32.2. The minimum absolute atomic E-state index is 0.124. The fourth-order valence-corrected chi connectivity index (χ4v) is 4.20. The third-order valence-corrected chi connectivity index (χ3v) is 6.52. The third kappa shape index (κ3) is 6.94. The van der Waals surface area contributed by atoms with E-state index < -0.39 is 10.0 Å². The van der Waals surface area contributed by atoms with Crippen molar-refractivity contribution in [3.63, 3.8) is 0 Å². The number of ether oxygens (including phenoxy) is 1. The second kappa shape index (κ2) is 10.8. The molecule has 1 amide bonds. The molecule has 0 bridgehead atoms. The number of aliphatic imine (C=N–C) groups is 2. The SMILES string of the molecule is C=N/C=C(\N=C(/C)c1ccc(C(=O)NCc2cc(NS(=O)(=O)C3CC3)ccn2)nc1)OCC. The summed E-state index contributed by atoms with van der Waals surface area (Å²) >= 11 is 0. The van der Waals surface area contributed by atoms with Crippen molar-refractivity contribution < 1.29 is 17.9 Å². The lowest BCUT2D eigenvalue weighted by Crippen LogP contribution is -2.24. The van der Waals surface area contributed by atoms with Gasteiger partial charge in [0.2, 0.25) is 15.9 Å². The van der Waals surface area contributed by atoms with Gasteiger partial charge < -0.3 is 10.1 Å². The maximum Gasteiger partial charge on any atom is 0.270 e. The summed E-state index contributed by atoms with van der Waals surface area (Å²) in [6, 6.07) is 6.50. The maximum absolute atomic E-state index is 12.5. The molecule has 0 unspecified atom stereocenters. The Labute approximate surface area is 193 Å². The van der Waals surface area contributed by atoms with E-state index in [1.54, 1.807) is 37.4 Å². The van der Waals surface area contributed by atoms with Crippen molar-refractivity contribution in [2.75, 3.05) is 11.3 Å². The zero-order valence-electron chi connectivity index (χ0n) is 18.5. The van der Waals surface area contributed by atoms with Crippen LogP contribution in [0.15, 0.2) is 58.7 Å². The molecule has 0 atom stereocenters. The molecule has 2 heterocycles. The second-order valence-electron chi connectivity index (χ2n) is 7.28. The van der Waals surface area contributed by atoms with Crippen molar-refractivity contribution in [1.29, 1.82) is 0 Å². The molecule has 2 aromatic rings. The van der Waals surface area contributed by atoms with Crippen LogP contribution in [0.2, 0.25) is 0 Å². The van der Waals surface area contributed by atoms with E-state index in [4.69, 9.17) is 4.74 Å². The molecule has 1 aliphatic carbocycles. The van der Waals surface area contributed by atoms with Crippen molar-refractivity contribution >= 4 is 34.0 Å².